The molecule has 0 radical (unpaired) electrons. The summed E-state index contributed by atoms with van der Waals surface area (Å²) in [5, 5.41) is 1.02. The predicted molar refractivity (Wildman–Crippen MR) is 98.8 cm³/mol. The van der Waals surface area contributed by atoms with E-state index in [1.165, 1.54) is 0 Å². The molecular formula is C22H16F3N. The van der Waals surface area contributed by atoms with E-state index in [1.54, 1.807) is 12.1 Å². The molecule has 0 spiro atoms. The first-order valence-electron chi connectivity index (χ1n) is 8.27. The van der Waals surface area contributed by atoms with Crippen molar-refractivity contribution in [3.05, 3.63) is 84.4 Å². The van der Waals surface area contributed by atoms with Gasteiger partial charge >= 0.3 is 6.18 Å². The average Bonchev–Trinajstić information content (AvgIpc) is 2.95. The van der Waals surface area contributed by atoms with E-state index in [-0.39, 0.29) is 0 Å². The number of hydrogen-bond donors (Lipinski definition) is 0. The Kier molecular flexibility index (Phi) is 3.83. The molecule has 0 fully saturated rings. The summed E-state index contributed by atoms with van der Waals surface area (Å²) in [6, 6.07) is 23.2. The number of rotatable bonds is 2. The minimum absolute atomic E-state index is 0.636. The van der Waals surface area contributed by atoms with Crippen LogP contribution in [-0.2, 0) is 13.2 Å². The second-order valence-corrected chi connectivity index (χ2v) is 6.24. The summed E-state index contributed by atoms with van der Waals surface area (Å²) in [6.07, 6.45) is -4.33. The molecule has 130 valence electrons. The highest BCUT2D eigenvalue weighted by atomic mass is 19.4. The van der Waals surface area contributed by atoms with Crippen LogP contribution in [0, 0.1) is 0 Å². The third-order valence-corrected chi connectivity index (χ3v) is 4.66. The van der Waals surface area contributed by atoms with Gasteiger partial charge in [-0.15, -0.1) is 0 Å². The van der Waals surface area contributed by atoms with Crippen LogP contribution in [0.15, 0.2) is 78.9 Å². The molecule has 0 atom stereocenters. The van der Waals surface area contributed by atoms with Gasteiger partial charge in [-0.1, -0.05) is 60.7 Å². The van der Waals surface area contributed by atoms with Gasteiger partial charge in [0.05, 0.1) is 11.3 Å². The SMILES string of the molecule is Cn1c(-c2ccccc2)c(-c2ccc(C(F)(F)F)cc2)c2ccccc21. The highest BCUT2D eigenvalue weighted by molar-refractivity contribution is 6.04. The van der Waals surface area contributed by atoms with Gasteiger partial charge in [0.1, 0.15) is 0 Å². The number of hydrogen-bond acceptors (Lipinski definition) is 0. The van der Waals surface area contributed by atoms with Gasteiger partial charge in [-0.25, -0.2) is 0 Å². The number of fused-ring (bicyclic) bond motifs is 1. The van der Waals surface area contributed by atoms with Gasteiger partial charge in [-0.05, 0) is 29.3 Å². The monoisotopic (exact) mass is 351 g/mol. The maximum absolute atomic E-state index is 12.9. The van der Waals surface area contributed by atoms with E-state index in [0.29, 0.717) is 0 Å². The molecule has 0 saturated carbocycles. The zero-order valence-corrected chi connectivity index (χ0v) is 14.1. The first-order chi connectivity index (χ1) is 12.5. The lowest BCUT2D eigenvalue weighted by Gasteiger charge is -2.11. The van der Waals surface area contributed by atoms with Crippen LogP contribution in [0.4, 0.5) is 13.2 Å². The Bertz CT molecular complexity index is 1060. The van der Waals surface area contributed by atoms with Crippen molar-refractivity contribution >= 4 is 10.9 Å². The lowest BCUT2D eigenvalue weighted by Crippen LogP contribution is -2.04. The van der Waals surface area contributed by atoms with Gasteiger partial charge in [-0.3, -0.25) is 0 Å². The zero-order chi connectivity index (χ0) is 18.3. The predicted octanol–water partition coefficient (Wildman–Crippen LogP) is 6.53. The molecule has 0 aliphatic heterocycles. The molecule has 26 heavy (non-hydrogen) atoms. The topological polar surface area (TPSA) is 4.93 Å². The Hall–Kier alpha value is -3.01. The van der Waals surface area contributed by atoms with Gasteiger partial charge in [0, 0.05) is 23.5 Å². The quantitative estimate of drug-likeness (QED) is 0.387. The fourth-order valence-electron chi connectivity index (χ4n) is 3.45. The van der Waals surface area contributed by atoms with Crippen molar-refractivity contribution in [1.82, 2.24) is 4.57 Å². The third kappa shape index (κ3) is 2.68. The highest BCUT2D eigenvalue weighted by Crippen LogP contribution is 2.41. The molecule has 1 nitrogen and oxygen atoms in total. The van der Waals surface area contributed by atoms with Crippen LogP contribution in [0.2, 0.25) is 0 Å². The number of halogens is 3. The molecule has 0 aliphatic carbocycles. The maximum atomic E-state index is 12.9. The van der Waals surface area contributed by atoms with Crippen molar-refractivity contribution in [1.29, 1.82) is 0 Å². The smallest absolute Gasteiger partial charge is 0.343 e. The molecule has 0 bridgehead atoms. The van der Waals surface area contributed by atoms with Gasteiger partial charge < -0.3 is 4.57 Å². The van der Waals surface area contributed by atoms with Crippen molar-refractivity contribution in [2.75, 3.05) is 0 Å². The fourth-order valence-corrected chi connectivity index (χ4v) is 3.45. The Morgan fingerprint density at radius 2 is 1.31 bits per heavy atom. The lowest BCUT2D eigenvalue weighted by atomic mass is 9.97. The average molecular weight is 351 g/mol. The summed E-state index contributed by atoms with van der Waals surface area (Å²) in [5.74, 6) is 0. The Morgan fingerprint density at radius 1 is 0.692 bits per heavy atom. The number of benzene rings is 3. The second-order valence-electron chi connectivity index (χ2n) is 6.24. The van der Waals surface area contributed by atoms with Crippen LogP contribution in [0.3, 0.4) is 0 Å². The second kappa shape index (κ2) is 6.06. The molecule has 1 aromatic heterocycles. The van der Waals surface area contributed by atoms with E-state index in [4.69, 9.17) is 0 Å². The van der Waals surface area contributed by atoms with E-state index in [2.05, 4.69) is 4.57 Å². The normalized spacial score (nSPS) is 11.8. The Labute approximate surface area is 149 Å². The molecule has 0 saturated heterocycles. The molecule has 1 heterocycles. The van der Waals surface area contributed by atoms with Gasteiger partial charge in [-0.2, -0.15) is 13.2 Å². The summed E-state index contributed by atoms with van der Waals surface area (Å²) >= 11 is 0. The number of aryl methyl sites for hydroxylation is 1. The first kappa shape index (κ1) is 16.5. The molecule has 0 N–H and O–H groups in total. The van der Waals surface area contributed by atoms with Crippen LogP contribution in [-0.4, -0.2) is 4.57 Å². The number of aromatic nitrogens is 1. The summed E-state index contributed by atoms with van der Waals surface area (Å²) in [6.45, 7) is 0. The van der Waals surface area contributed by atoms with Crippen LogP contribution >= 0.6 is 0 Å². The number of nitrogens with zero attached hydrogens (tertiary/aromatic N) is 1. The molecule has 3 aromatic carbocycles. The van der Waals surface area contributed by atoms with Crippen LogP contribution in [0.5, 0.6) is 0 Å². The molecule has 0 unspecified atom stereocenters. The largest absolute Gasteiger partial charge is 0.416 e. The van der Waals surface area contributed by atoms with E-state index in [9.17, 15) is 13.2 Å². The fraction of sp³-hybridized carbons (Fsp3) is 0.0909. The molecule has 4 rings (SSSR count). The van der Waals surface area contributed by atoms with Gasteiger partial charge in [0.25, 0.3) is 0 Å². The van der Waals surface area contributed by atoms with E-state index >= 15 is 0 Å². The standard InChI is InChI=1S/C22H16F3N/c1-26-19-10-6-5-9-18(19)20(21(26)16-7-3-2-4-8-16)15-11-13-17(14-12-15)22(23,24)25/h2-14H,1H3. The van der Waals surface area contributed by atoms with Crippen molar-refractivity contribution in [2.24, 2.45) is 7.05 Å². The molecule has 0 amide bonds. The Morgan fingerprint density at radius 3 is 1.96 bits per heavy atom. The summed E-state index contributed by atoms with van der Waals surface area (Å²) in [7, 11) is 1.98. The summed E-state index contributed by atoms with van der Waals surface area (Å²) in [4.78, 5) is 0. The van der Waals surface area contributed by atoms with Crippen LogP contribution in [0.25, 0.3) is 33.3 Å². The molecule has 4 aromatic rings. The molecular weight excluding hydrogens is 335 g/mol. The van der Waals surface area contributed by atoms with Gasteiger partial charge in [0.2, 0.25) is 0 Å². The maximum Gasteiger partial charge on any atom is 0.416 e. The Balaban J connectivity index is 2.00. The number of para-hydroxylation sites is 1. The minimum atomic E-state index is -4.33. The lowest BCUT2D eigenvalue weighted by molar-refractivity contribution is -0.137. The van der Waals surface area contributed by atoms with Crippen molar-refractivity contribution in [3.63, 3.8) is 0 Å². The van der Waals surface area contributed by atoms with E-state index in [1.807, 2.05) is 61.6 Å². The van der Waals surface area contributed by atoms with Crippen LogP contribution < -0.4 is 0 Å². The van der Waals surface area contributed by atoms with E-state index in [0.717, 1.165) is 45.4 Å². The van der Waals surface area contributed by atoms with Gasteiger partial charge in [0.15, 0.2) is 0 Å². The molecule has 0 aliphatic rings. The van der Waals surface area contributed by atoms with Crippen molar-refractivity contribution in [2.45, 2.75) is 6.18 Å². The van der Waals surface area contributed by atoms with Crippen LogP contribution in [0.1, 0.15) is 5.56 Å². The minimum Gasteiger partial charge on any atom is -0.343 e. The van der Waals surface area contributed by atoms with Crippen molar-refractivity contribution in [3.8, 4) is 22.4 Å². The summed E-state index contributed by atoms with van der Waals surface area (Å²) < 4.78 is 40.9. The zero-order valence-electron chi connectivity index (χ0n) is 14.1. The summed E-state index contributed by atoms with van der Waals surface area (Å²) in [5.41, 5.74) is 4.15. The third-order valence-electron chi connectivity index (χ3n) is 4.66. The number of alkyl halides is 3. The highest BCUT2D eigenvalue weighted by Gasteiger charge is 2.30. The van der Waals surface area contributed by atoms with E-state index < -0.39 is 11.7 Å². The molecule has 4 heteroatoms. The van der Waals surface area contributed by atoms with Crippen molar-refractivity contribution < 1.29 is 13.2 Å². The first-order valence-corrected chi connectivity index (χ1v) is 8.27.